The van der Waals surface area contributed by atoms with E-state index in [1.54, 1.807) is 0 Å². The summed E-state index contributed by atoms with van der Waals surface area (Å²) >= 11 is 5.81. The third kappa shape index (κ3) is 6.54. The number of hydrogen-bond acceptors (Lipinski definition) is 2. The van der Waals surface area contributed by atoms with E-state index in [0.29, 0.717) is 0 Å². The summed E-state index contributed by atoms with van der Waals surface area (Å²) in [5, 5.41) is 4.14. The Morgan fingerprint density at radius 1 is 1.24 bits per heavy atom. The molecule has 3 heteroatoms. The van der Waals surface area contributed by atoms with E-state index >= 15 is 0 Å². The average molecular weight is 256 g/mol. The first kappa shape index (κ1) is 14.3. The predicted octanol–water partition coefficient (Wildman–Crippen LogP) is 3.89. The molecular weight excluding hydrogens is 234 g/mol. The molecule has 1 aromatic carbocycles. The second-order valence-corrected chi connectivity index (χ2v) is 4.73. The molecule has 17 heavy (non-hydrogen) atoms. The number of halogens is 1. The Morgan fingerprint density at radius 3 is 2.59 bits per heavy atom. The Hall–Kier alpha value is -0.730. The number of unbranched alkanes of at least 4 members (excludes halogenated alkanes) is 2. The molecular formula is C14H22ClNO. The zero-order chi connectivity index (χ0) is 12.5. The Bertz CT molecular complexity index is 300. The van der Waals surface area contributed by atoms with Gasteiger partial charge in [-0.2, -0.15) is 0 Å². The second-order valence-electron chi connectivity index (χ2n) is 4.29. The molecule has 0 bridgehead atoms. The van der Waals surface area contributed by atoms with Crippen LogP contribution < -0.4 is 10.1 Å². The van der Waals surface area contributed by atoms with E-state index in [1.807, 2.05) is 24.3 Å². The van der Waals surface area contributed by atoms with E-state index in [2.05, 4.69) is 19.2 Å². The lowest BCUT2D eigenvalue weighted by atomic mass is 10.2. The van der Waals surface area contributed by atoms with Gasteiger partial charge in [-0.1, -0.05) is 31.4 Å². The van der Waals surface area contributed by atoms with Crippen LogP contribution in [0.5, 0.6) is 5.75 Å². The fourth-order valence-corrected chi connectivity index (χ4v) is 1.72. The quantitative estimate of drug-likeness (QED) is 0.712. The van der Waals surface area contributed by atoms with E-state index in [0.717, 1.165) is 23.9 Å². The SMILES string of the molecule is CCCCCNCC(C)Oc1ccc(Cl)cc1. The molecule has 1 unspecified atom stereocenters. The molecule has 0 aliphatic carbocycles. The first-order valence-electron chi connectivity index (χ1n) is 6.35. The smallest absolute Gasteiger partial charge is 0.119 e. The summed E-state index contributed by atoms with van der Waals surface area (Å²) in [5.74, 6) is 0.872. The lowest BCUT2D eigenvalue weighted by molar-refractivity contribution is 0.217. The molecule has 0 amide bonds. The van der Waals surface area contributed by atoms with Crippen LogP contribution in [0, 0.1) is 0 Å². The zero-order valence-corrected chi connectivity index (χ0v) is 11.5. The van der Waals surface area contributed by atoms with Crippen molar-refractivity contribution < 1.29 is 4.74 Å². The number of benzene rings is 1. The van der Waals surface area contributed by atoms with Gasteiger partial charge in [0.25, 0.3) is 0 Å². The minimum Gasteiger partial charge on any atom is -0.489 e. The summed E-state index contributed by atoms with van der Waals surface area (Å²) in [6.45, 7) is 6.24. The van der Waals surface area contributed by atoms with Crippen molar-refractivity contribution in [1.29, 1.82) is 0 Å². The third-order valence-corrected chi connectivity index (χ3v) is 2.79. The maximum absolute atomic E-state index is 5.81. The van der Waals surface area contributed by atoms with Crippen LogP contribution >= 0.6 is 11.6 Å². The van der Waals surface area contributed by atoms with E-state index in [4.69, 9.17) is 16.3 Å². The molecule has 0 fully saturated rings. The molecule has 0 saturated heterocycles. The fraction of sp³-hybridized carbons (Fsp3) is 0.571. The third-order valence-electron chi connectivity index (χ3n) is 2.54. The first-order valence-corrected chi connectivity index (χ1v) is 6.73. The van der Waals surface area contributed by atoms with Gasteiger partial charge in [0.2, 0.25) is 0 Å². The van der Waals surface area contributed by atoms with Crippen molar-refractivity contribution in [3.63, 3.8) is 0 Å². The topological polar surface area (TPSA) is 21.3 Å². The Morgan fingerprint density at radius 2 is 1.94 bits per heavy atom. The number of nitrogens with one attached hydrogen (secondary N) is 1. The minimum absolute atomic E-state index is 0.179. The molecule has 0 aliphatic heterocycles. The second kappa shape index (κ2) is 8.37. The molecule has 96 valence electrons. The molecule has 1 N–H and O–H groups in total. The number of ether oxygens (including phenoxy) is 1. The highest BCUT2D eigenvalue weighted by molar-refractivity contribution is 6.30. The average Bonchev–Trinajstić information content (AvgIpc) is 2.32. The summed E-state index contributed by atoms with van der Waals surface area (Å²) in [7, 11) is 0. The van der Waals surface area contributed by atoms with Crippen LogP contribution in [0.4, 0.5) is 0 Å². The first-order chi connectivity index (χ1) is 8.22. The Labute approximate surface area is 109 Å². The van der Waals surface area contributed by atoms with E-state index in [-0.39, 0.29) is 6.10 Å². The Kier molecular flexibility index (Phi) is 7.06. The maximum Gasteiger partial charge on any atom is 0.119 e. The summed E-state index contributed by atoms with van der Waals surface area (Å²) in [5.41, 5.74) is 0. The summed E-state index contributed by atoms with van der Waals surface area (Å²) in [4.78, 5) is 0. The molecule has 0 spiro atoms. The van der Waals surface area contributed by atoms with Gasteiger partial charge in [0.15, 0.2) is 0 Å². The van der Waals surface area contributed by atoms with Gasteiger partial charge in [0, 0.05) is 11.6 Å². The van der Waals surface area contributed by atoms with Crippen LogP contribution in [0.2, 0.25) is 5.02 Å². The van der Waals surface area contributed by atoms with E-state index < -0.39 is 0 Å². The minimum atomic E-state index is 0.179. The van der Waals surface area contributed by atoms with Gasteiger partial charge >= 0.3 is 0 Å². The normalized spacial score (nSPS) is 12.4. The van der Waals surface area contributed by atoms with Crippen LogP contribution in [0.15, 0.2) is 24.3 Å². The number of hydrogen-bond donors (Lipinski definition) is 1. The van der Waals surface area contributed by atoms with Gasteiger partial charge < -0.3 is 10.1 Å². The lowest BCUT2D eigenvalue weighted by Crippen LogP contribution is -2.29. The highest BCUT2D eigenvalue weighted by atomic mass is 35.5. The van der Waals surface area contributed by atoms with Crippen LogP contribution in [0.25, 0.3) is 0 Å². The van der Waals surface area contributed by atoms with Crippen molar-refractivity contribution in [3.8, 4) is 5.75 Å². The molecule has 1 atom stereocenters. The summed E-state index contributed by atoms with van der Waals surface area (Å²) in [6, 6.07) is 7.49. The molecule has 0 aromatic heterocycles. The summed E-state index contributed by atoms with van der Waals surface area (Å²) < 4.78 is 5.75. The molecule has 1 aromatic rings. The van der Waals surface area contributed by atoms with Crippen LogP contribution in [-0.4, -0.2) is 19.2 Å². The number of rotatable bonds is 8. The fourth-order valence-electron chi connectivity index (χ4n) is 1.59. The van der Waals surface area contributed by atoms with Gasteiger partial charge in [-0.3, -0.25) is 0 Å². The maximum atomic E-state index is 5.81. The lowest BCUT2D eigenvalue weighted by Gasteiger charge is -2.15. The standard InChI is InChI=1S/C14H22ClNO/c1-3-4-5-10-16-11-12(2)17-14-8-6-13(15)7-9-14/h6-9,12,16H,3-5,10-11H2,1-2H3. The van der Waals surface area contributed by atoms with Crippen molar-refractivity contribution in [3.05, 3.63) is 29.3 Å². The zero-order valence-electron chi connectivity index (χ0n) is 10.7. The largest absolute Gasteiger partial charge is 0.489 e. The highest BCUT2D eigenvalue weighted by Crippen LogP contribution is 2.16. The van der Waals surface area contributed by atoms with Crippen molar-refractivity contribution in [1.82, 2.24) is 5.32 Å². The molecule has 0 aliphatic rings. The van der Waals surface area contributed by atoms with E-state index in [9.17, 15) is 0 Å². The van der Waals surface area contributed by atoms with Crippen molar-refractivity contribution >= 4 is 11.6 Å². The monoisotopic (exact) mass is 255 g/mol. The molecule has 1 rings (SSSR count). The van der Waals surface area contributed by atoms with Crippen LogP contribution in [-0.2, 0) is 0 Å². The Balaban J connectivity index is 2.16. The predicted molar refractivity (Wildman–Crippen MR) is 73.9 cm³/mol. The molecule has 0 radical (unpaired) electrons. The van der Waals surface area contributed by atoms with Crippen molar-refractivity contribution in [2.24, 2.45) is 0 Å². The van der Waals surface area contributed by atoms with Gasteiger partial charge in [0.05, 0.1) is 0 Å². The van der Waals surface area contributed by atoms with E-state index in [1.165, 1.54) is 19.3 Å². The van der Waals surface area contributed by atoms with Gasteiger partial charge in [-0.05, 0) is 44.2 Å². The van der Waals surface area contributed by atoms with Crippen molar-refractivity contribution in [2.75, 3.05) is 13.1 Å². The van der Waals surface area contributed by atoms with Crippen molar-refractivity contribution in [2.45, 2.75) is 39.2 Å². The van der Waals surface area contributed by atoms with Gasteiger partial charge in [-0.15, -0.1) is 0 Å². The molecule has 0 heterocycles. The molecule has 0 saturated carbocycles. The molecule has 2 nitrogen and oxygen atoms in total. The van der Waals surface area contributed by atoms with Gasteiger partial charge in [0.1, 0.15) is 11.9 Å². The summed E-state index contributed by atoms with van der Waals surface area (Å²) in [6.07, 6.45) is 3.97. The van der Waals surface area contributed by atoms with Crippen LogP contribution in [0.1, 0.15) is 33.1 Å². The highest BCUT2D eigenvalue weighted by Gasteiger charge is 2.03. The van der Waals surface area contributed by atoms with Crippen LogP contribution in [0.3, 0.4) is 0 Å². The van der Waals surface area contributed by atoms with Gasteiger partial charge in [-0.25, -0.2) is 0 Å².